The Labute approximate surface area is 131 Å². The van der Waals surface area contributed by atoms with Gasteiger partial charge in [0.15, 0.2) is 0 Å². The molecule has 3 fully saturated rings. The molecule has 4 rings (SSSR count). The van der Waals surface area contributed by atoms with Crippen molar-refractivity contribution in [3.05, 3.63) is 35.4 Å². The second-order valence-electron chi connectivity index (χ2n) is 7.50. The van der Waals surface area contributed by atoms with Crippen molar-refractivity contribution >= 4 is 12.2 Å². The third kappa shape index (κ3) is 2.47. The van der Waals surface area contributed by atoms with E-state index in [9.17, 15) is 9.59 Å². The molecule has 0 aliphatic heterocycles. The van der Waals surface area contributed by atoms with E-state index in [4.69, 9.17) is 0 Å². The minimum absolute atomic E-state index is 0.0181. The molecule has 5 atom stereocenters. The quantitative estimate of drug-likeness (QED) is 0.869. The van der Waals surface area contributed by atoms with Gasteiger partial charge in [-0.2, -0.15) is 0 Å². The van der Waals surface area contributed by atoms with Crippen LogP contribution < -0.4 is 5.32 Å². The van der Waals surface area contributed by atoms with Gasteiger partial charge in [-0.05, 0) is 67.9 Å². The molecule has 3 aliphatic carbocycles. The Morgan fingerprint density at radius 2 is 1.77 bits per heavy atom. The number of fused-ring (bicyclic) bond motifs is 2. The normalized spacial score (nSPS) is 35.9. The highest BCUT2D eigenvalue weighted by Crippen LogP contribution is 2.52. The maximum atomic E-state index is 12.5. The Morgan fingerprint density at radius 1 is 1.00 bits per heavy atom. The van der Waals surface area contributed by atoms with Gasteiger partial charge < -0.3 is 5.32 Å². The lowest BCUT2D eigenvalue weighted by Crippen LogP contribution is -2.52. The number of benzene rings is 1. The van der Waals surface area contributed by atoms with Crippen LogP contribution in [0.25, 0.3) is 0 Å². The molecule has 0 saturated heterocycles. The first-order valence-corrected chi connectivity index (χ1v) is 8.59. The predicted molar refractivity (Wildman–Crippen MR) is 84.7 cm³/mol. The fraction of sp³-hybridized carbons (Fsp3) is 0.579. The van der Waals surface area contributed by atoms with E-state index in [0.717, 1.165) is 30.5 Å². The van der Waals surface area contributed by atoms with Gasteiger partial charge in [0.1, 0.15) is 6.29 Å². The van der Waals surface area contributed by atoms with Crippen molar-refractivity contribution in [1.29, 1.82) is 0 Å². The summed E-state index contributed by atoms with van der Waals surface area (Å²) in [5, 5.41) is 3.30. The zero-order valence-electron chi connectivity index (χ0n) is 12.8. The summed E-state index contributed by atoms with van der Waals surface area (Å²) >= 11 is 0. The zero-order chi connectivity index (χ0) is 15.1. The van der Waals surface area contributed by atoms with E-state index in [0.29, 0.717) is 23.1 Å². The van der Waals surface area contributed by atoms with Crippen LogP contribution >= 0.6 is 0 Å². The first-order valence-electron chi connectivity index (χ1n) is 8.59. The van der Waals surface area contributed by atoms with Crippen LogP contribution in [0.5, 0.6) is 0 Å². The van der Waals surface area contributed by atoms with Crippen molar-refractivity contribution in [2.75, 3.05) is 0 Å². The number of aldehydes is 1. The van der Waals surface area contributed by atoms with Crippen LogP contribution in [0.15, 0.2) is 24.3 Å². The Kier molecular flexibility index (Phi) is 3.51. The number of hydrogen-bond acceptors (Lipinski definition) is 2. The Morgan fingerprint density at radius 3 is 2.55 bits per heavy atom. The Hall–Kier alpha value is -1.64. The van der Waals surface area contributed by atoms with Crippen molar-refractivity contribution in [1.82, 2.24) is 5.32 Å². The second-order valence-corrected chi connectivity index (χ2v) is 7.50. The van der Waals surface area contributed by atoms with Crippen LogP contribution in [-0.2, 0) is 0 Å². The lowest BCUT2D eigenvalue weighted by Gasteiger charge is -2.52. The van der Waals surface area contributed by atoms with Gasteiger partial charge in [0, 0.05) is 17.2 Å². The number of carbonyl (C=O) groups excluding carboxylic acids is 2. The van der Waals surface area contributed by atoms with E-state index < -0.39 is 0 Å². The van der Waals surface area contributed by atoms with E-state index in [1.807, 2.05) is 0 Å². The standard InChI is InChI=1S/C19H23NO2/c21-11-12-1-4-15(5-2-12)19(22)20-18-10-14-7-13-3-6-17(18)16(8-13)9-14/h1-2,4-5,11,13-14,16-18H,3,6-10H2,(H,20,22). The van der Waals surface area contributed by atoms with Crippen LogP contribution in [0.2, 0.25) is 0 Å². The summed E-state index contributed by atoms with van der Waals surface area (Å²) in [5.74, 6) is 3.33. The van der Waals surface area contributed by atoms with Gasteiger partial charge in [0.25, 0.3) is 5.91 Å². The Balaban J connectivity index is 1.47. The van der Waals surface area contributed by atoms with Crippen LogP contribution in [0.3, 0.4) is 0 Å². The highest BCUT2D eigenvalue weighted by Gasteiger charge is 2.45. The molecule has 1 aromatic rings. The molecule has 0 heterocycles. The predicted octanol–water partition coefficient (Wildman–Crippen LogP) is 3.44. The van der Waals surface area contributed by atoms with Crippen molar-refractivity contribution in [3.63, 3.8) is 0 Å². The third-order valence-electron chi connectivity index (χ3n) is 6.18. The summed E-state index contributed by atoms with van der Waals surface area (Å²) in [6.45, 7) is 0. The molecule has 5 unspecified atom stereocenters. The monoisotopic (exact) mass is 297 g/mol. The van der Waals surface area contributed by atoms with E-state index in [-0.39, 0.29) is 5.91 Å². The summed E-state index contributed by atoms with van der Waals surface area (Å²) in [4.78, 5) is 23.2. The van der Waals surface area contributed by atoms with Gasteiger partial charge >= 0.3 is 0 Å². The fourth-order valence-corrected chi connectivity index (χ4v) is 5.25. The van der Waals surface area contributed by atoms with Crippen LogP contribution in [0.4, 0.5) is 0 Å². The summed E-state index contributed by atoms with van der Waals surface area (Å²) in [5.41, 5.74) is 1.28. The number of amides is 1. The molecule has 3 nitrogen and oxygen atoms in total. The molecule has 22 heavy (non-hydrogen) atoms. The molecule has 1 N–H and O–H groups in total. The average molecular weight is 297 g/mol. The van der Waals surface area contributed by atoms with Gasteiger partial charge in [-0.25, -0.2) is 0 Å². The molecule has 3 heteroatoms. The Bertz CT molecular complexity index is 574. The summed E-state index contributed by atoms with van der Waals surface area (Å²) in [6.07, 6.45) is 8.78. The molecule has 3 saturated carbocycles. The number of hydrogen-bond donors (Lipinski definition) is 1. The molecular formula is C19H23NO2. The van der Waals surface area contributed by atoms with Crippen molar-refractivity contribution in [3.8, 4) is 0 Å². The molecule has 0 aromatic heterocycles. The molecular weight excluding hydrogens is 274 g/mol. The smallest absolute Gasteiger partial charge is 0.251 e. The first-order chi connectivity index (χ1) is 10.7. The first kappa shape index (κ1) is 14.0. The van der Waals surface area contributed by atoms with E-state index in [1.165, 1.54) is 32.1 Å². The van der Waals surface area contributed by atoms with Crippen LogP contribution in [0, 0.1) is 23.7 Å². The molecule has 3 bridgehead atoms. The number of carbonyl (C=O) groups is 2. The summed E-state index contributed by atoms with van der Waals surface area (Å²) in [7, 11) is 0. The molecule has 116 valence electrons. The van der Waals surface area contributed by atoms with Gasteiger partial charge in [-0.3, -0.25) is 9.59 Å². The van der Waals surface area contributed by atoms with E-state index in [2.05, 4.69) is 5.32 Å². The fourth-order valence-electron chi connectivity index (χ4n) is 5.25. The van der Waals surface area contributed by atoms with Gasteiger partial charge in [0.2, 0.25) is 0 Å². The van der Waals surface area contributed by atoms with Crippen LogP contribution in [0.1, 0.15) is 59.2 Å². The minimum atomic E-state index is 0.0181. The molecule has 0 radical (unpaired) electrons. The topological polar surface area (TPSA) is 46.2 Å². The van der Waals surface area contributed by atoms with E-state index in [1.54, 1.807) is 24.3 Å². The van der Waals surface area contributed by atoms with Gasteiger partial charge in [-0.15, -0.1) is 0 Å². The SMILES string of the molecule is O=Cc1ccc(C(=O)NC2CC3CC4CCC2C(C4)C3)cc1. The van der Waals surface area contributed by atoms with Crippen molar-refractivity contribution in [2.24, 2.45) is 23.7 Å². The minimum Gasteiger partial charge on any atom is -0.349 e. The largest absolute Gasteiger partial charge is 0.349 e. The van der Waals surface area contributed by atoms with Crippen molar-refractivity contribution < 1.29 is 9.59 Å². The molecule has 0 spiro atoms. The third-order valence-corrected chi connectivity index (χ3v) is 6.18. The lowest BCUT2D eigenvalue weighted by atomic mass is 9.56. The molecule has 1 amide bonds. The zero-order valence-corrected chi connectivity index (χ0v) is 12.8. The maximum absolute atomic E-state index is 12.5. The second kappa shape index (κ2) is 5.53. The summed E-state index contributed by atoms with van der Waals surface area (Å²) < 4.78 is 0. The highest BCUT2D eigenvalue weighted by atomic mass is 16.1. The number of nitrogens with one attached hydrogen (secondary N) is 1. The molecule has 3 aliphatic rings. The lowest BCUT2D eigenvalue weighted by molar-refractivity contribution is 0.00724. The number of rotatable bonds is 3. The van der Waals surface area contributed by atoms with Crippen molar-refractivity contribution in [2.45, 2.75) is 44.6 Å². The van der Waals surface area contributed by atoms with Gasteiger partial charge in [0.05, 0.1) is 0 Å². The van der Waals surface area contributed by atoms with E-state index >= 15 is 0 Å². The average Bonchev–Trinajstić information content (AvgIpc) is 2.53. The van der Waals surface area contributed by atoms with Gasteiger partial charge in [-0.1, -0.05) is 18.6 Å². The highest BCUT2D eigenvalue weighted by molar-refractivity contribution is 5.95. The van der Waals surface area contributed by atoms with Crippen LogP contribution in [-0.4, -0.2) is 18.2 Å². The summed E-state index contributed by atoms with van der Waals surface area (Å²) in [6, 6.07) is 7.27. The maximum Gasteiger partial charge on any atom is 0.251 e. The molecule has 1 aromatic carbocycles.